The van der Waals surface area contributed by atoms with Gasteiger partial charge in [-0.25, -0.2) is 0 Å². The molecule has 0 aromatic rings. The van der Waals surface area contributed by atoms with Crippen molar-refractivity contribution in [2.45, 2.75) is 6.29 Å². The Morgan fingerprint density at radius 1 is 1.15 bits per heavy atom. The Morgan fingerprint density at radius 2 is 1.69 bits per heavy atom. The van der Waals surface area contributed by atoms with Gasteiger partial charge in [0.15, 0.2) is 6.29 Å². The van der Waals surface area contributed by atoms with Gasteiger partial charge in [0.25, 0.3) is 0 Å². The summed E-state index contributed by atoms with van der Waals surface area (Å²) in [7, 11) is 1.77. The van der Waals surface area contributed by atoms with Crippen molar-refractivity contribution < 1.29 is 18.0 Å². The van der Waals surface area contributed by atoms with Gasteiger partial charge >= 0.3 is 8.80 Å². The molecule has 0 aromatic heterocycles. The van der Waals surface area contributed by atoms with E-state index < -0.39 is 15.1 Å². The van der Waals surface area contributed by atoms with Gasteiger partial charge in [0.1, 0.15) is 0 Å². The first kappa shape index (κ1) is 12.5. The molecule has 0 radical (unpaired) electrons. The van der Waals surface area contributed by atoms with E-state index in [0.29, 0.717) is 0 Å². The summed E-state index contributed by atoms with van der Waals surface area (Å²) in [6.07, 6.45) is 0.980. The second-order valence-corrected chi connectivity index (χ2v) is 4.84. The molecule has 0 N–H and O–H groups in total. The maximum Gasteiger partial charge on any atom is 0.530 e. The van der Waals surface area contributed by atoms with E-state index in [-0.39, 0.29) is 0 Å². The lowest BCUT2D eigenvalue weighted by Crippen LogP contribution is -2.45. The first-order chi connectivity index (χ1) is 6.17. The Morgan fingerprint density at radius 3 is 1.92 bits per heavy atom. The molecule has 0 aliphatic heterocycles. The second kappa shape index (κ2) is 6.06. The average Bonchev–Trinajstić information content (AvgIpc) is 2.21. The number of rotatable bonds is 7. The van der Waals surface area contributed by atoms with Gasteiger partial charge in [0, 0.05) is 21.3 Å². The highest BCUT2D eigenvalue weighted by atomic mass is 28.4. The lowest BCUT2D eigenvalue weighted by atomic mass is 10.6. The van der Waals surface area contributed by atoms with Crippen LogP contribution in [-0.4, -0.2) is 36.4 Å². The van der Waals surface area contributed by atoms with Crippen LogP contribution in [-0.2, 0) is 18.0 Å². The fourth-order valence-electron chi connectivity index (χ4n) is 0.749. The lowest BCUT2D eigenvalue weighted by Gasteiger charge is -2.25. The normalized spacial score (nSPS) is 13.8. The third-order valence-electron chi connectivity index (χ3n) is 1.52. The smallest absolute Gasteiger partial charge is 0.374 e. The van der Waals surface area contributed by atoms with Crippen LogP contribution in [0.1, 0.15) is 0 Å². The summed E-state index contributed by atoms with van der Waals surface area (Å²) >= 11 is 0. The molecule has 76 valence electrons. The molecule has 13 heavy (non-hydrogen) atoms. The zero-order valence-electron chi connectivity index (χ0n) is 8.28. The summed E-state index contributed by atoms with van der Waals surface area (Å²) < 4.78 is 20.6. The van der Waals surface area contributed by atoms with Crippen LogP contribution in [0.5, 0.6) is 0 Å². The van der Waals surface area contributed by atoms with Crippen LogP contribution in [0, 0.1) is 0 Å². The van der Waals surface area contributed by atoms with Gasteiger partial charge in [0.2, 0.25) is 0 Å². The molecule has 0 rings (SSSR count). The molecule has 1 atom stereocenters. The molecule has 0 saturated heterocycles. The van der Waals surface area contributed by atoms with Crippen LogP contribution >= 0.6 is 0 Å². The largest absolute Gasteiger partial charge is 0.530 e. The number of ether oxygens (including phenoxy) is 1. The molecule has 0 saturated carbocycles. The van der Waals surface area contributed by atoms with Crippen molar-refractivity contribution in [2.24, 2.45) is 0 Å². The molecule has 0 bridgehead atoms. The van der Waals surface area contributed by atoms with E-state index in [2.05, 4.69) is 13.2 Å². The van der Waals surface area contributed by atoms with Crippen molar-refractivity contribution in [1.82, 2.24) is 0 Å². The highest BCUT2D eigenvalue weighted by molar-refractivity contribution is 6.66. The van der Waals surface area contributed by atoms with Crippen molar-refractivity contribution >= 4 is 8.80 Å². The molecule has 0 fully saturated rings. The summed E-state index contributed by atoms with van der Waals surface area (Å²) in [6, 6.07) is 0. The minimum absolute atomic E-state index is 0.537. The van der Waals surface area contributed by atoms with Crippen LogP contribution in [0.3, 0.4) is 0 Å². The van der Waals surface area contributed by atoms with Crippen LogP contribution in [0.4, 0.5) is 0 Å². The van der Waals surface area contributed by atoms with Crippen molar-refractivity contribution in [3.63, 3.8) is 0 Å². The van der Waals surface area contributed by atoms with Crippen molar-refractivity contribution in [2.75, 3.05) is 21.3 Å². The molecule has 5 heteroatoms. The standard InChI is InChI=1S/C8H16O4Si/c1-6-8(9-3)12-13(7-2,10-4)11-5/h6-8H,1-2H2,3-5H3. The molecule has 0 aliphatic rings. The summed E-state index contributed by atoms with van der Waals surface area (Å²) in [4.78, 5) is 0. The summed E-state index contributed by atoms with van der Waals surface area (Å²) in [5, 5.41) is 0. The molecule has 0 amide bonds. The molecule has 0 spiro atoms. The second-order valence-electron chi connectivity index (χ2n) is 2.17. The van der Waals surface area contributed by atoms with E-state index in [1.807, 2.05) is 0 Å². The Hall–Kier alpha value is -0.463. The first-order valence-electron chi connectivity index (χ1n) is 3.75. The van der Waals surface area contributed by atoms with Crippen LogP contribution in [0.25, 0.3) is 0 Å². The zero-order valence-corrected chi connectivity index (χ0v) is 9.28. The monoisotopic (exact) mass is 204 g/mol. The SMILES string of the molecule is C=CC(OC)O[Si](C=C)(OC)OC. The quantitative estimate of drug-likeness (QED) is 0.354. The maximum absolute atomic E-state index is 5.42. The number of hydrogen-bond acceptors (Lipinski definition) is 4. The fraction of sp³-hybridized carbons (Fsp3) is 0.500. The van der Waals surface area contributed by atoms with Gasteiger partial charge in [-0.2, -0.15) is 0 Å². The number of methoxy groups -OCH3 is 1. The molecule has 0 aromatic carbocycles. The number of hydrogen-bond donors (Lipinski definition) is 0. The van der Waals surface area contributed by atoms with E-state index in [4.69, 9.17) is 18.0 Å². The molecule has 4 nitrogen and oxygen atoms in total. The topological polar surface area (TPSA) is 36.9 Å². The average molecular weight is 204 g/mol. The predicted octanol–water partition coefficient (Wildman–Crippen LogP) is 1.12. The van der Waals surface area contributed by atoms with Crippen LogP contribution in [0.15, 0.2) is 24.9 Å². The van der Waals surface area contributed by atoms with Gasteiger partial charge < -0.3 is 18.0 Å². The van der Waals surface area contributed by atoms with E-state index in [1.54, 1.807) is 0 Å². The Balaban J connectivity index is 4.38. The fourth-order valence-corrected chi connectivity index (χ4v) is 2.05. The van der Waals surface area contributed by atoms with Crippen LogP contribution < -0.4 is 0 Å². The van der Waals surface area contributed by atoms with E-state index in [9.17, 15) is 0 Å². The molecule has 1 unspecified atom stereocenters. The predicted molar refractivity (Wildman–Crippen MR) is 52.0 cm³/mol. The van der Waals surface area contributed by atoms with Crippen molar-refractivity contribution in [3.05, 3.63) is 24.9 Å². The lowest BCUT2D eigenvalue weighted by molar-refractivity contribution is -0.0589. The van der Waals surface area contributed by atoms with E-state index in [0.717, 1.165) is 0 Å². The summed E-state index contributed by atoms with van der Waals surface area (Å²) in [6.45, 7) is 7.14. The summed E-state index contributed by atoms with van der Waals surface area (Å²) in [5.74, 6) is 0. The molecular formula is C8H16O4Si. The zero-order chi connectivity index (χ0) is 10.3. The Bertz CT molecular complexity index is 168. The minimum atomic E-state index is -2.75. The molecule has 0 heterocycles. The van der Waals surface area contributed by atoms with Gasteiger partial charge in [-0.15, -0.1) is 0 Å². The van der Waals surface area contributed by atoms with E-state index >= 15 is 0 Å². The summed E-state index contributed by atoms with van der Waals surface area (Å²) in [5.41, 5.74) is 1.53. The maximum atomic E-state index is 5.42. The highest BCUT2D eigenvalue weighted by Crippen LogP contribution is 2.12. The third-order valence-corrected chi connectivity index (χ3v) is 3.72. The molecule has 0 aliphatic carbocycles. The van der Waals surface area contributed by atoms with Crippen molar-refractivity contribution in [3.8, 4) is 0 Å². The van der Waals surface area contributed by atoms with Crippen molar-refractivity contribution in [1.29, 1.82) is 0 Å². The Kier molecular flexibility index (Phi) is 5.85. The van der Waals surface area contributed by atoms with Gasteiger partial charge in [-0.3, -0.25) is 0 Å². The van der Waals surface area contributed by atoms with E-state index in [1.165, 1.54) is 33.1 Å². The third kappa shape index (κ3) is 3.41. The highest BCUT2D eigenvalue weighted by Gasteiger charge is 2.37. The van der Waals surface area contributed by atoms with Gasteiger partial charge in [-0.1, -0.05) is 13.2 Å². The minimum Gasteiger partial charge on any atom is -0.374 e. The van der Waals surface area contributed by atoms with Gasteiger partial charge in [0.05, 0.1) is 0 Å². The molecular weight excluding hydrogens is 188 g/mol. The van der Waals surface area contributed by atoms with Crippen LogP contribution in [0.2, 0.25) is 0 Å². The Labute approximate surface area is 80.1 Å². The first-order valence-corrected chi connectivity index (χ1v) is 5.55. The van der Waals surface area contributed by atoms with Gasteiger partial charge in [-0.05, 0) is 11.8 Å².